The summed E-state index contributed by atoms with van der Waals surface area (Å²) >= 11 is 2.22. The van der Waals surface area contributed by atoms with E-state index in [0.717, 1.165) is 29.6 Å². The molecule has 1 aromatic rings. The van der Waals surface area contributed by atoms with Crippen LogP contribution in [0.2, 0.25) is 0 Å². The standard InChI is InChI=1S/C15H21FINO/c1-2-18-15(8-6-12-4-3-9-19-12)13-7-5-11(16)10-14(13)17/h5,7,10,12,15,18H,2-4,6,8-9H2,1H3. The summed E-state index contributed by atoms with van der Waals surface area (Å²) in [4.78, 5) is 0. The van der Waals surface area contributed by atoms with E-state index in [4.69, 9.17) is 4.74 Å². The molecule has 0 aromatic heterocycles. The molecule has 2 rings (SSSR count). The fourth-order valence-electron chi connectivity index (χ4n) is 2.62. The van der Waals surface area contributed by atoms with Gasteiger partial charge in [-0.3, -0.25) is 0 Å². The molecule has 1 aromatic carbocycles. The van der Waals surface area contributed by atoms with Gasteiger partial charge in [-0.2, -0.15) is 0 Å². The summed E-state index contributed by atoms with van der Waals surface area (Å²) in [5.74, 6) is -0.164. The maximum absolute atomic E-state index is 13.2. The molecule has 19 heavy (non-hydrogen) atoms. The van der Waals surface area contributed by atoms with Crippen LogP contribution in [0, 0.1) is 9.39 Å². The Morgan fingerprint density at radius 1 is 1.53 bits per heavy atom. The molecule has 2 unspecified atom stereocenters. The first kappa shape index (κ1) is 15.2. The van der Waals surface area contributed by atoms with Crippen LogP contribution < -0.4 is 5.32 Å². The second-order valence-electron chi connectivity index (χ2n) is 4.99. The summed E-state index contributed by atoms with van der Waals surface area (Å²) in [6.07, 6.45) is 4.90. The Morgan fingerprint density at radius 2 is 2.37 bits per heavy atom. The topological polar surface area (TPSA) is 21.3 Å². The summed E-state index contributed by atoms with van der Waals surface area (Å²) in [5.41, 5.74) is 1.20. The third kappa shape index (κ3) is 4.39. The van der Waals surface area contributed by atoms with Crippen LogP contribution in [0.5, 0.6) is 0 Å². The SMILES string of the molecule is CCNC(CCC1CCCO1)c1ccc(F)cc1I. The first-order valence-electron chi connectivity index (χ1n) is 7.00. The van der Waals surface area contributed by atoms with Gasteiger partial charge in [-0.1, -0.05) is 13.0 Å². The van der Waals surface area contributed by atoms with Crippen LogP contribution >= 0.6 is 22.6 Å². The summed E-state index contributed by atoms with van der Waals surface area (Å²) in [7, 11) is 0. The second-order valence-corrected chi connectivity index (χ2v) is 6.15. The molecule has 106 valence electrons. The van der Waals surface area contributed by atoms with E-state index in [-0.39, 0.29) is 5.82 Å². The van der Waals surface area contributed by atoms with Gasteiger partial charge in [0, 0.05) is 16.2 Å². The monoisotopic (exact) mass is 377 g/mol. The lowest BCUT2D eigenvalue weighted by Gasteiger charge is -2.21. The zero-order valence-electron chi connectivity index (χ0n) is 11.3. The van der Waals surface area contributed by atoms with E-state index < -0.39 is 0 Å². The van der Waals surface area contributed by atoms with E-state index >= 15 is 0 Å². The van der Waals surface area contributed by atoms with Crippen molar-refractivity contribution in [2.75, 3.05) is 13.2 Å². The van der Waals surface area contributed by atoms with Gasteiger partial charge < -0.3 is 10.1 Å². The Morgan fingerprint density at radius 3 is 3.00 bits per heavy atom. The third-order valence-corrected chi connectivity index (χ3v) is 4.52. The summed E-state index contributed by atoms with van der Waals surface area (Å²) in [6, 6.07) is 5.35. The van der Waals surface area contributed by atoms with Crippen molar-refractivity contribution < 1.29 is 9.13 Å². The van der Waals surface area contributed by atoms with Gasteiger partial charge in [-0.15, -0.1) is 0 Å². The molecule has 1 heterocycles. The van der Waals surface area contributed by atoms with Gasteiger partial charge in [-0.05, 0) is 72.5 Å². The van der Waals surface area contributed by atoms with E-state index in [1.165, 1.54) is 18.4 Å². The van der Waals surface area contributed by atoms with Crippen molar-refractivity contribution in [1.29, 1.82) is 0 Å². The lowest BCUT2D eigenvalue weighted by Crippen LogP contribution is -2.23. The van der Waals surface area contributed by atoms with Crippen LogP contribution in [0.1, 0.15) is 44.2 Å². The predicted octanol–water partition coefficient (Wildman–Crippen LogP) is 4.04. The molecule has 2 nitrogen and oxygen atoms in total. The first-order valence-corrected chi connectivity index (χ1v) is 8.08. The second kappa shape index (κ2) is 7.55. The van der Waals surface area contributed by atoms with Crippen LogP contribution in [0.25, 0.3) is 0 Å². The van der Waals surface area contributed by atoms with Crippen LogP contribution in [0.15, 0.2) is 18.2 Å². The Balaban J connectivity index is 2.01. The molecular formula is C15H21FINO. The molecule has 4 heteroatoms. The van der Waals surface area contributed by atoms with Crippen molar-refractivity contribution in [3.05, 3.63) is 33.1 Å². The molecule has 0 amide bonds. The highest BCUT2D eigenvalue weighted by Gasteiger charge is 2.19. The van der Waals surface area contributed by atoms with Crippen molar-refractivity contribution in [2.45, 2.75) is 44.8 Å². The molecule has 0 bridgehead atoms. The highest BCUT2D eigenvalue weighted by atomic mass is 127. The molecule has 2 atom stereocenters. The average Bonchev–Trinajstić information content (AvgIpc) is 2.88. The fraction of sp³-hybridized carbons (Fsp3) is 0.600. The minimum Gasteiger partial charge on any atom is -0.378 e. The number of rotatable bonds is 6. The van der Waals surface area contributed by atoms with Crippen molar-refractivity contribution >= 4 is 22.6 Å². The van der Waals surface area contributed by atoms with E-state index in [2.05, 4.69) is 34.8 Å². The van der Waals surface area contributed by atoms with E-state index in [1.54, 1.807) is 12.1 Å². The normalized spacial score (nSPS) is 20.7. The molecule has 1 fully saturated rings. The predicted molar refractivity (Wildman–Crippen MR) is 83.7 cm³/mol. The van der Waals surface area contributed by atoms with Gasteiger partial charge in [0.15, 0.2) is 0 Å². The van der Waals surface area contributed by atoms with Crippen LogP contribution in [0.4, 0.5) is 4.39 Å². The summed E-state index contributed by atoms with van der Waals surface area (Å²) in [6.45, 7) is 3.93. The first-order chi connectivity index (χ1) is 9.20. The van der Waals surface area contributed by atoms with Crippen molar-refractivity contribution in [3.63, 3.8) is 0 Å². The molecule has 1 saturated heterocycles. The van der Waals surface area contributed by atoms with Gasteiger partial charge in [0.2, 0.25) is 0 Å². The fourth-order valence-corrected chi connectivity index (χ4v) is 3.48. The van der Waals surface area contributed by atoms with Crippen LogP contribution in [0.3, 0.4) is 0 Å². The number of hydrogen-bond donors (Lipinski definition) is 1. The molecule has 0 radical (unpaired) electrons. The van der Waals surface area contributed by atoms with Gasteiger partial charge in [0.1, 0.15) is 5.82 Å². The van der Waals surface area contributed by atoms with Gasteiger partial charge >= 0.3 is 0 Å². The molecule has 1 N–H and O–H groups in total. The summed E-state index contributed by atoms with van der Waals surface area (Å²) in [5, 5.41) is 3.50. The van der Waals surface area contributed by atoms with Crippen LogP contribution in [-0.4, -0.2) is 19.3 Å². The minimum absolute atomic E-state index is 0.164. The lowest BCUT2D eigenvalue weighted by atomic mass is 9.99. The smallest absolute Gasteiger partial charge is 0.124 e. The zero-order valence-corrected chi connectivity index (χ0v) is 13.5. The Labute approximate surface area is 128 Å². The highest BCUT2D eigenvalue weighted by Crippen LogP contribution is 2.27. The van der Waals surface area contributed by atoms with Crippen LogP contribution in [-0.2, 0) is 4.74 Å². The molecule has 1 aliphatic rings. The zero-order chi connectivity index (χ0) is 13.7. The van der Waals surface area contributed by atoms with E-state index in [9.17, 15) is 4.39 Å². The molecule has 0 aliphatic carbocycles. The van der Waals surface area contributed by atoms with Gasteiger partial charge in [0.05, 0.1) is 6.10 Å². The highest BCUT2D eigenvalue weighted by molar-refractivity contribution is 14.1. The summed E-state index contributed by atoms with van der Waals surface area (Å²) < 4.78 is 19.9. The minimum atomic E-state index is -0.164. The Kier molecular flexibility index (Phi) is 6.04. The number of hydrogen-bond acceptors (Lipinski definition) is 2. The van der Waals surface area contributed by atoms with Crippen molar-refractivity contribution in [2.24, 2.45) is 0 Å². The molecule has 0 spiro atoms. The number of ether oxygens (including phenoxy) is 1. The molecular weight excluding hydrogens is 356 g/mol. The lowest BCUT2D eigenvalue weighted by molar-refractivity contribution is 0.0996. The number of benzene rings is 1. The van der Waals surface area contributed by atoms with Gasteiger partial charge in [0.25, 0.3) is 0 Å². The maximum Gasteiger partial charge on any atom is 0.124 e. The molecule has 0 saturated carbocycles. The van der Waals surface area contributed by atoms with E-state index in [0.29, 0.717) is 12.1 Å². The Bertz CT molecular complexity index is 407. The molecule has 1 aliphatic heterocycles. The maximum atomic E-state index is 13.2. The van der Waals surface area contributed by atoms with Crippen molar-refractivity contribution in [1.82, 2.24) is 5.32 Å². The number of halogens is 2. The van der Waals surface area contributed by atoms with Gasteiger partial charge in [-0.25, -0.2) is 4.39 Å². The van der Waals surface area contributed by atoms with Crippen molar-refractivity contribution in [3.8, 4) is 0 Å². The quantitative estimate of drug-likeness (QED) is 0.756. The largest absolute Gasteiger partial charge is 0.378 e. The number of nitrogens with one attached hydrogen (secondary N) is 1. The third-order valence-electron chi connectivity index (χ3n) is 3.59. The van der Waals surface area contributed by atoms with E-state index in [1.807, 2.05) is 6.07 Å². The Hall–Kier alpha value is -0.200. The average molecular weight is 377 g/mol.